The first-order chi connectivity index (χ1) is 13.2. The number of aliphatic hydroxyl groups excluding tert-OH is 1. The molecule has 2 rings (SSSR count). The predicted molar refractivity (Wildman–Crippen MR) is 104 cm³/mol. The Kier molecular flexibility index (Phi) is 8.85. The molecule has 2 N–H and O–H groups in total. The first-order valence-electron chi connectivity index (χ1n) is 9.11. The van der Waals surface area contributed by atoms with Gasteiger partial charge in [0.1, 0.15) is 19.4 Å². The molecular formula is C17H28N2O7PS+. The second-order valence-corrected chi connectivity index (χ2v) is 9.45. The average Bonchev–Trinajstić information content (AvgIpc) is 3.04. The molecule has 2 aliphatic heterocycles. The monoisotopic (exact) mass is 435 g/mol. The number of carbonyl (C=O) groups excluding carboxylic acids is 2. The molecule has 2 heterocycles. The first-order valence-corrected chi connectivity index (χ1v) is 11.2. The summed E-state index contributed by atoms with van der Waals surface area (Å²) < 4.78 is 28.1. The molecule has 2 aliphatic rings. The van der Waals surface area contributed by atoms with Crippen molar-refractivity contribution in [2.24, 2.45) is 11.3 Å². The molecule has 1 saturated heterocycles. The number of hydrogen-bond acceptors (Lipinski definition) is 9. The average molecular weight is 435 g/mol. The first kappa shape index (κ1) is 23.3. The molecule has 11 heteroatoms. The molecule has 0 aromatic carbocycles. The maximum Gasteiger partial charge on any atom is 0.697 e. The Labute approximate surface area is 170 Å². The van der Waals surface area contributed by atoms with Crippen molar-refractivity contribution in [2.45, 2.75) is 39.5 Å². The van der Waals surface area contributed by atoms with Gasteiger partial charge < -0.3 is 20.1 Å². The molecule has 1 fully saturated rings. The predicted octanol–water partition coefficient (Wildman–Crippen LogP) is 1.61. The van der Waals surface area contributed by atoms with Crippen molar-refractivity contribution >= 4 is 31.0 Å². The van der Waals surface area contributed by atoms with Gasteiger partial charge in [-0.25, -0.2) is 0 Å². The van der Waals surface area contributed by atoms with Gasteiger partial charge in [-0.2, -0.15) is 0 Å². The van der Waals surface area contributed by atoms with Gasteiger partial charge in [0.2, 0.25) is 5.91 Å². The summed E-state index contributed by atoms with van der Waals surface area (Å²) in [6.45, 7) is 5.79. The minimum Gasteiger partial charge on any atom is -0.395 e. The third kappa shape index (κ3) is 6.79. The van der Waals surface area contributed by atoms with Crippen LogP contribution in [-0.2, 0) is 27.9 Å². The Balaban J connectivity index is 1.63. The van der Waals surface area contributed by atoms with Gasteiger partial charge >= 0.3 is 8.25 Å². The number of nitrogens with zero attached hydrogens (tertiary/aromatic N) is 1. The standard InChI is InChI=1S/C17H27N2O7PS/c1-12-8-13(26-15(12)19-5-4-14(21)18-11-19)9-25-27(23)24-6-7-28-16(22)17(2,3)10-20/h4-5,12-13,15,20H,6-11H2,1-3H3/p+1. The summed E-state index contributed by atoms with van der Waals surface area (Å²) in [5.41, 5.74) is -0.803. The van der Waals surface area contributed by atoms with E-state index < -0.39 is 13.7 Å². The summed E-state index contributed by atoms with van der Waals surface area (Å²) in [6.07, 6.45) is 3.52. The maximum atomic E-state index is 11.8. The van der Waals surface area contributed by atoms with Gasteiger partial charge in [-0.05, 0) is 20.3 Å². The summed E-state index contributed by atoms with van der Waals surface area (Å²) in [4.78, 5) is 24.9. The molecule has 0 saturated carbocycles. The lowest BCUT2D eigenvalue weighted by Crippen LogP contribution is -2.45. The van der Waals surface area contributed by atoms with Crippen LogP contribution in [0.3, 0.4) is 0 Å². The van der Waals surface area contributed by atoms with E-state index in [0.29, 0.717) is 12.4 Å². The Morgan fingerprint density at radius 3 is 2.89 bits per heavy atom. The third-order valence-corrected chi connectivity index (χ3v) is 6.40. The Hall–Kier alpha value is -1.03. The zero-order valence-electron chi connectivity index (χ0n) is 16.3. The van der Waals surface area contributed by atoms with Crippen LogP contribution >= 0.6 is 20.0 Å². The van der Waals surface area contributed by atoms with Crippen LogP contribution < -0.4 is 5.32 Å². The SMILES string of the molecule is CC1CC(CO[P+](=O)OCCSC(=O)C(C)(C)CO)OC1N1C=CC(=O)NC1. The topological polar surface area (TPSA) is 114 Å². The lowest BCUT2D eigenvalue weighted by molar-refractivity contribution is -0.120. The smallest absolute Gasteiger partial charge is 0.395 e. The lowest BCUT2D eigenvalue weighted by atomic mass is 9.97. The molecule has 1 amide bonds. The van der Waals surface area contributed by atoms with Gasteiger partial charge in [0, 0.05) is 28.5 Å². The molecule has 0 bridgehead atoms. The second-order valence-electron chi connectivity index (χ2n) is 7.42. The molecule has 4 atom stereocenters. The quantitative estimate of drug-likeness (QED) is 0.390. The number of carbonyl (C=O) groups is 2. The van der Waals surface area contributed by atoms with E-state index in [9.17, 15) is 14.2 Å². The second kappa shape index (κ2) is 10.7. The molecule has 0 aromatic heterocycles. The Morgan fingerprint density at radius 2 is 2.25 bits per heavy atom. The fraction of sp³-hybridized carbons (Fsp3) is 0.765. The summed E-state index contributed by atoms with van der Waals surface area (Å²) in [6, 6.07) is 0. The van der Waals surface area contributed by atoms with E-state index in [-0.39, 0.29) is 49.1 Å². The van der Waals surface area contributed by atoms with Crippen LogP contribution in [0.2, 0.25) is 0 Å². The van der Waals surface area contributed by atoms with Crippen LogP contribution in [-0.4, -0.2) is 65.6 Å². The van der Waals surface area contributed by atoms with E-state index in [1.54, 1.807) is 20.0 Å². The number of amides is 1. The highest BCUT2D eigenvalue weighted by Gasteiger charge is 2.38. The highest BCUT2D eigenvalue weighted by atomic mass is 32.2. The van der Waals surface area contributed by atoms with Crippen molar-refractivity contribution in [3.8, 4) is 0 Å². The summed E-state index contributed by atoms with van der Waals surface area (Å²) in [7, 11) is -2.30. The van der Waals surface area contributed by atoms with Gasteiger partial charge in [-0.1, -0.05) is 18.7 Å². The van der Waals surface area contributed by atoms with E-state index in [1.807, 2.05) is 11.8 Å². The van der Waals surface area contributed by atoms with Crippen molar-refractivity contribution in [3.05, 3.63) is 12.3 Å². The van der Waals surface area contributed by atoms with Crippen LogP contribution in [0.1, 0.15) is 27.2 Å². The van der Waals surface area contributed by atoms with Crippen LogP contribution in [0.4, 0.5) is 0 Å². The van der Waals surface area contributed by atoms with E-state index >= 15 is 0 Å². The fourth-order valence-corrected chi connectivity index (χ4v) is 4.27. The maximum absolute atomic E-state index is 11.8. The van der Waals surface area contributed by atoms with Gasteiger partial charge in [0.15, 0.2) is 5.12 Å². The molecule has 0 spiro atoms. The normalized spacial score (nSPS) is 25.7. The number of hydrogen-bond donors (Lipinski definition) is 2. The van der Waals surface area contributed by atoms with Gasteiger partial charge in [0.05, 0.1) is 24.8 Å². The fourth-order valence-electron chi connectivity index (χ4n) is 2.74. The van der Waals surface area contributed by atoms with Crippen molar-refractivity contribution in [3.63, 3.8) is 0 Å². The largest absolute Gasteiger partial charge is 0.697 e. The van der Waals surface area contributed by atoms with E-state index in [1.165, 1.54) is 6.08 Å². The number of ether oxygens (including phenoxy) is 1. The molecule has 0 radical (unpaired) electrons. The number of nitrogens with one attached hydrogen (secondary N) is 1. The Morgan fingerprint density at radius 1 is 1.50 bits per heavy atom. The zero-order chi connectivity index (χ0) is 20.7. The molecule has 158 valence electrons. The van der Waals surface area contributed by atoms with Crippen LogP contribution in [0.25, 0.3) is 0 Å². The van der Waals surface area contributed by atoms with Crippen LogP contribution in [0, 0.1) is 11.3 Å². The molecular weight excluding hydrogens is 407 g/mol. The van der Waals surface area contributed by atoms with Crippen molar-refractivity contribution < 1.29 is 33.0 Å². The molecule has 0 aromatic rings. The highest BCUT2D eigenvalue weighted by molar-refractivity contribution is 8.13. The highest BCUT2D eigenvalue weighted by Crippen LogP contribution is 2.32. The van der Waals surface area contributed by atoms with E-state index in [2.05, 4.69) is 5.32 Å². The molecule has 0 aliphatic carbocycles. The number of thioether (sulfide) groups is 1. The molecule has 4 unspecified atom stereocenters. The van der Waals surface area contributed by atoms with Crippen LogP contribution in [0.15, 0.2) is 12.3 Å². The minimum absolute atomic E-state index is 0.107. The van der Waals surface area contributed by atoms with Crippen molar-refractivity contribution in [1.82, 2.24) is 10.2 Å². The van der Waals surface area contributed by atoms with E-state index in [4.69, 9.17) is 18.9 Å². The summed E-state index contributed by atoms with van der Waals surface area (Å²) in [5, 5.41) is 11.7. The minimum atomic E-state index is -2.30. The van der Waals surface area contributed by atoms with Crippen molar-refractivity contribution in [2.75, 3.05) is 32.2 Å². The molecule has 28 heavy (non-hydrogen) atoms. The summed E-state index contributed by atoms with van der Waals surface area (Å²) >= 11 is 1.04. The number of rotatable bonds is 10. The van der Waals surface area contributed by atoms with Gasteiger partial charge in [0.25, 0.3) is 0 Å². The van der Waals surface area contributed by atoms with E-state index in [0.717, 1.165) is 18.2 Å². The van der Waals surface area contributed by atoms with Crippen LogP contribution in [0.5, 0.6) is 0 Å². The lowest BCUT2D eigenvalue weighted by Gasteiger charge is -2.31. The third-order valence-electron chi connectivity index (χ3n) is 4.46. The Bertz CT molecular complexity index is 616. The van der Waals surface area contributed by atoms with Gasteiger partial charge in [-0.15, -0.1) is 9.05 Å². The van der Waals surface area contributed by atoms with Gasteiger partial charge in [-0.3, -0.25) is 9.59 Å². The summed E-state index contributed by atoms with van der Waals surface area (Å²) in [5.74, 6) is 0.429. The number of aliphatic hydroxyl groups is 1. The molecule has 9 nitrogen and oxygen atoms in total. The zero-order valence-corrected chi connectivity index (χ0v) is 18.0. The van der Waals surface area contributed by atoms with Crippen molar-refractivity contribution in [1.29, 1.82) is 0 Å².